The number of fused-ring (bicyclic) bond motifs is 1. The topological polar surface area (TPSA) is 112 Å². The van der Waals surface area contributed by atoms with E-state index in [1.165, 1.54) is 0 Å². The van der Waals surface area contributed by atoms with E-state index < -0.39 is 11.7 Å². The number of carbonyl (C=O) groups is 1. The standard InChI is InChI=1S/C24H36N6O4/c1-24(2,3)34-23(31)26-10-5-18-14-30(16-27-18)22-28-20-8-13-33-15-19(20)21(29-22)25-9-4-17-6-11-32-12-7-17/h14,16-17H,4-13,15H2,1-3H3,(H,26,31)(H,25,28,29). The average molecular weight is 473 g/mol. The second-order valence-corrected chi connectivity index (χ2v) is 9.82. The van der Waals surface area contributed by atoms with E-state index in [1.54, 1.807) is 6.33 Å². The molecule has 2 aliphatic rings. The molecule has 2 N–H and O–H groups in total. The zero-order chi connectivity index (χ0) is 24.0. The Bertz CT molecular complexity index is 965. The second kappa shape index (κ2) is 11.1. The molecule has 4 heterocycles. The number of rotatable bonds is 8. The van der Waals surface area contributed by atoms with Crippen molar-refractivity contribution in [2.75, 3.05) is 38.2 Å². The van der Waals surface area contributed by atoms with E-state index >= 15 is 0 Å². The van der Waals surface area contributed by atoms with E-state index in [9.17, 15) is 4.79 Å². The number of hydrogen-bond acceptors (Lipinski definition) is 8. The van der Waals surface area contributed by atoms with Gasteiger partial charge in [-0.25, -0.2) is 14.8 Å². The van der Waals surface area contributed by atoms with Gasteiger partial charge in [0.2, 0.25) is 5.95 Å². The number of nitrogens with zero attached hydrogens (tertiary/aromatic N) is 4. The number of anilines is 1. The molecule has 0 saturated carbocycles. The van der Waals surface area contributed by atoms with Crippen LogP contribution in [0.15, 0.2) is 12.5 Å². The molecule has 34 heavy (non-hydrogen) atoms. The molecule has 0 radical (unpaired) electrons. The lowest BCUT2D eigenvalue weighted by Crippen LogP contribution is -2.33. The number of amides is 1. The second-order valence-electron chi connectivity index (χ2n) is 9.82. The van der Waals surface area contributed by atoms with Crippen molar-refractivity contribution in [3.63, 3.8) is 0 Å². The third-order valence-corrected chi connectivity index (χ3v) is 5.91. The smallest absolute Gasteiger partial charge is 0.407 e. The predicted molar refractivity (Wildman–Crippen MR) is 127 cm³/mol. The SMILES string of the molecule is CC(C)(C)OC(=O)NCCc1cn(-c2nc3c(c(NCCC4CCOCC4)n2)COCC3)cn1. The summed E-state index contributed by atoms with van der Waals surface area (Å²) in [7, 11) is 0. The fourth-order valence-corrected chi connectivity index (χ4v) is 4.12. The van der Waals surface area contributed by atoms with Crippen molar-refractivity contribution in [2.45, 2.75) is 65.1 Å². The van der Waals surface area contributed by atoms with Crippen molar-refractivity contribution in [2.24, 2.45) is 5.92 Å². The molecule has 0 bridgehead atoms. The molecular weight excluding hydrogens is 436 g/mol. The highest BCUT2D eigenvalue weighted by Crippen LogP contribution is 2.25. The van der Waals surface area contributed by atoms with Gasteiger partial charge in [-0.1, -0.05) is 0 Å². The van der Waals surface area contributed by atoms with Crippen LogP contribution in [0.5, 0.6) is 0 Å². The minimum atomic E-state index is -0.517. The molecule has 186 valence electrons. The first kappa shape index (κ1) is 24.4. The molecule has 1 fully saturated rings. The number of carbonyl (C=O) groups excluding carboxylic acids is 1. The van der Waals surface area contributed by atoms with Gasteiger partial charge in [-0.15, -0.1) is 0 Å². The van der Waals surface area contributed by atoms with Gasteiger partial charge < -0.3 is 24.8 Å². The van der Waals surface area contributed by atoms with Gasteiger partial charge in [-0.2, -0.15) is 4.98 Å². The van der Waals surface area contributed by atoms with E-state index in [0.29, 0.717) is 38.0 Å². The summed E-state index contributed by atoms with van der Waals surface area (Å²) in [6.45, 7) is 9.74. The normalized spacial score (nSPS) is 16.7. The molecular formula is C24H36N6O4. The summed E-state index contributed by atoms with van der Waals surface area (Å²) in [5, 5.41) is 6.30. The first-order valence-electron chi connectivity index (χ1n) is 12.2. The minimum absolute atomic E-state index is 0.427. The fraction of sp³-hybridized carbons (Fsp3) is 0.667. The highest BCUT2D eigenvalue weighted by Gasteiger charge is 2.20. The quantitative estimate of drug-likeness (QED) is 0.603. The summed E-state index contributed by atoms with van der Waals surface area (Å²) in [5.74, 6) is 2.13. The number of ether oxygens (including phenoxy) is 3. The third kappa shape index (κ3) is 6.89. The van der Waals surface area contributed by atoms with Crippen molar-refractivity contribution in [1.82, 2.24) is 24.8 Å². The third-order valence-electron chi connectivity index (χ3n) is 5.91. The highest BCUT2D eigenvalue weighted by atomic mass is 16.6. The van der Waals surface area contributed by atoms with Crippen LogP contribution < -0.4 is 10.6 Å². The summed E-state index contributed by atoms with van der Waals surface area (Å²) in [4.78, 5) is 25.9. The summed E-state index contributed by atoms with van der Waals surface area (Å²) in [6.07, 6.45) is 7.89. The minimum Gasteiger partial charge on any atom is -0.444 e. The molecule has 10 nitrogen and oxygen atoms in total. The summed E-state index contributed by atoms with van der Waals surface area (Å²) < 4.78 is 18.2. The van der Waals surface area contributed by atoms with Gasteiger partial charge in [-0.05, 0) is 46.0 Å². The van der Waals surface area contributed by atoms with Crippen LogP contribution in [-0.2, 0) is 33.7 Å². The van der Waals surface area contributed by atoms with Gasteiger partial charge in [0.1, 0.15) is 17.7 Å². The Morgan fingerprint density at radius 3 is 2.79 bits per heavy atom. The zero-order valence-corrected chi connectivity index (χ0v) is 20.4. The lowest BCUT2D eigenvalue weighted by atomic mass is 9.97. The molecule has 1 saturated heterocycles. The van der Waals surface area contributed by atoms with Gasteiger partial charge in [-0.3, -0.25) is 4.57 Å². The van der Waals surface area contributed by atoms with Crippen LogP contribution in [0.3, 0.4) is 0 Å². The lowest BCUT2D eigenvalue weighted by molar-refractivity contribution is 0.0528. The molecule has 0 unspecified atom stereocenters. The van der Waals surface area contributed by atoms with E-state index in [1.807, 2.05) is 31.5 Å². The van der Waals surface area contributed by atoms with Crippen LogP contribution in [0.1, 0.15) is 57.0 Å². The number of nitrogens with one attached hydrogen (secondary N) is 2. The molecule has 0 atom stereocenters. The monoisotopic (exact) mass is 472 g/mol. The maximum atomic E-state index is 11.8. The number of hydrogen-bond donors (Lipinski definition) is 2. The largest absolute Gasteiger partial charge is 0.444 e. The van der Waals surface area contributed by atoms with Gasteiger partial charge in [0.25, 0.3) is 0 Å². The van der Waals surface area contributed by atoms with Crippen molar-refractivity contribution < 1.29 is 19.0 Å². The maximum Gasteiger partial charge on any atom is 0.407 e. The van der Waals surface area contributed by atoms with E-state index in [4.69, 9.17) is 24.2 Å². The molecule has 2 aromatic heterocycles. The molecule has 0 aromatic carbocycles. The van der Waals surface area contributed by atoms with Crippen LogP contribution in [0, 0.1) is 5.92 Å². The fourth-order valence-electron chi connectivity index (χ4n) is 4.12. The van der Waals surface area contributed by atoms with Gasteiger partial charge in [0.05, 0.1) is 24.6 Å². The number of alkyl carbamates (subject to hydrolysis) is 1. The molecule has 0 spiro atoms. The first-order valence-corrected chi connectivity index (χ1v) is 12.2. The summed E-state index contributed by atoms with van der Waals surface area (Å²) in [5.41, 5.74) is 2.39. The summed E-state index contributed by atoms with van der Waals surface area (Å²) in [6, 6.07) is 0. The zero-order valence-electron chi connectivity index (χ0n) is 20.4. The Morgan fingerprint density at radius 1 is 1.18 bits per heavy atom. The van der Waals surface area contributed by atoms with E-state index in [2.05, 4.69) is 15.6 Å². The highest BCUT2D eigenvalue weighted by molar-refractivity contribution is 5.67. The Kier molecular flexibility index (Phi) is 7.99. The number of imidazole rings is 1. The van der Waals surface area contributed by atoms with Crippen molar-refractivity contribution in [3.8, 4) is 5.95 Å². The molecule has 1 amide bonds. The van der Waals surface area contributed by atoms with Crippen LogP contribution in [0.4, 0.5) is 10.6 Å². The van der Waals surface area contributed by atoms with Crippen molar-refractivity contribution >= 4 is 11.9 Å². The molecule has 2 aromatic rings. The molecule has 2 aliphatic heterocycles. The van der Waals surface area contributed by atoms with E-state index in [-0.39, 0.29) is 0 Å². The summed E-state index contributed by atoms with van der Waals surface area (Å²) >= 11 is 0. The Labute approximate surface area is 200 Å². The van der Waals surface area contributed by atoms with Crippen molar-refractivity contribution in [1.29, 1.82) is 0 Å². The van der Waals surface area contributed by atoms with Gasteiger partial charge in [0, 0.05) is 50.9 Å². The predicted octanol–water partition coefficient (Wildman–Crippen LogP) is 3.03. The molecule has 4 rings (SSSR count). The van der Waals surface area contributed by atoms with E-state index in [0.717, 1.165) is 68.2 Å². The molecule has 0 aliphatic carbocycles. The molecule has 10 heteroatoms. The Balaban J connectivity index is 1.39. The van der Waals surface area contributed by atoms with Crippen LogP contribution in [-0.4, -0.2) is 64.1 Å². The van der Waals surface area contributed by atoms with Gasteiger partial charge >= 0.3 is 6.09 Å². The van der Waals surface area contributed by atoms with Gasteiger partial charge in [0.15, 0.2) is 0 Å². The maximum absolute atomic E-state index is 11.8. The van der Waals surface area contributed by atoms with Crippen LogP contribution >= 0.6 is 0 Å². The van der Waals surface area contributed by atoms with Crippen LogP contribution in [0.2, 0.25) is 0 Å². The Morgan fingerprint density at radius 2 is 2.00 bits per heavy atom. The first-order chi connectivity index (χ1) is 16.4. The lowest BCUT2D eigenvalue weighted by Gasteiger charge is -2.23. The number of aromatic nitrogens is 4. The Hall–Kier alpha value is -2.72. The average Bonchev–Trinajstić information content (AvgIpc) is 3.27. The van der Waals surface area contributed by atoms with Crippen LogP contribution in [0.25, 0.3) is 5.95 Å². The van der Waals surface area contributed by atoms with Crippen molar-refractivity contribution in [3.05, 3.63) is 29.5 Å².